The summed E-state index contributed by atoms with van der Waals surface area (Å²) in [6.07, 6.45) is -7.50. The Bertz CT molecular complexity index is 233. The van der Waals surface area contributed by atoms with Crippen molar-refractivity contribution in [2.75, 3.05) is 6.61 Å². The van der Waals surface area contributed by atoms with Crippen molar-refractivity contribution in [3.63, 3.8) is 0 Å². The predicted molar refractivity (Wildman–Crippen MR) is 44.7 cm³/mol. The summed E-state index contributed by atoms with van der Waals surface area (Å²) in [4.78, 5) is 8.42. The van der Waals surface area contributed by atoms with E-state index in [1.54, 1.807) is 0 Å². The van der Waals surface area contributed by atoms with Crippen LogP contribution < -0.4 is 0 Å². The van der Waals surface area contributed by atoms with Gasteiger partial charge in [0.2, 0.25) is 6.29 Å². The molecular weight excluding hydrogens is 231 g/mol. The lowest BCUT2D eigenvalue weighted by Crippen LogP contribution is -2.58. The summed E-state index contributed by atoms with van der Waals surface area (Å²) in [5.74, 6) is 0. The molecule has 0 spiro atoms. The zero-order valence-corrected chi connectivity index (χ0v) is 8.40. The first-order valence-corrected chi connectivity index (χ1v) is 5.23. The summed E-state index contributed by atoms with van der Waals surface area (Å²) in [5.41, 5.74) is 0. The molecule has 0 aromatic carbocycles. The summed E-state index contributed by atoms with van der Waals surface area (Å²) < 4.78 is 19.4. The largest absolute Gasteiger partial charge is 0.697 e. The number of rotatable bonds is 3. The molecule has 0 aromatic heterocycles. The highest BCUT2D eigenvalue weighted by molar-refractivity contribution is 7.32. The average molecular weight is 243 g/mol. The molecule has 0 aromatic rings. The molecule has 0 radical (unpaired) electrons. The van der Waals surface area contributed by atoms with Crippen LogP contribution >= 0.6 is 8.25 Å². The molecular formula is C6H12O8P+. The van der Waals surface area contributed by atoms with Crippen molar-refractivity contribution >= 4 is 8.25 Å². The van der Waals surface area contributed by atoms with E-state index in [-0.39, 0.29) is 0 Å². The maximum absolute atomic E-state index is 10.3. The summed E-state index contributed by atoms with van der Waals surface area (Å²) in [6.45, 7) is -0.618. The third-order valence-corrected chi connectivity index (χ3v) is 2.43. The van der Waals surface area contributed by atoms with E-state index < -0.39 is 45.6 Å². The summed E-state index contributed by atoms with van der Waals surface area (Å²) in [5, 5.41) is 36.6. The molecule has 3 unspecified atom stereocenters. The first kappa shape index (κ1) is 12.9. The van der Waals surface area contributed by atoms with E-state index in [0.29, 0.717) is 0 Å². The Kier molecular flexibility index (Phi) is 4.50. The van der Waals surface area contributed by atoms with E-state index >= 15 is 0 Å². The van der Waals surface area contributed by atoms with Crippen LogP contribution in [-0.4, -0.2) is 62.6 Å². The Morgan fingerprint density at radius 1 is 1.20 bits per heavy atom. The maximum Gasteiger partial charge on any atom is 0.697 e. The molecule has 6 atom stereocenters. The molecule has 0 amide bonds. The lowest BCUT2D eigenvalue weighted by Gasteiger charge is -2.36. The Hall–Kier alpha value is -0.180. The highest BCUT2D eigenvalue weighted by atomic mass is 31.1. The maximum atomic E-state index is 10.3. The Morgan fingerprint density at radius 3 is 2.27 bits per heavy atom. The van der Waals surface area contributed by atoms with Crippen LogP contribution in [0.3, 0.4) is 0 Å². The fraction of sp³-hybridized carbons (Fsp3) is 1.00. The van der Waals surface area contributed by atoms with Crippen molar-refractivity contribution in [1.82, 2.24) is 0 Å². The van der Waals surface area contributed by atoms with Crippen molar-refractivity contribution in [1.29, 1.82) is 0 Å². The second-order valence-electron chi connectivity index (χ2n) is 3.04. The second kappa shape index (κ2) is 5.24. The normalized spacial score (nSPS) is 42.7. The monoisotopic (exact) mass is 243 g/mol. The van der Waals surface area contributed by atoms with Gasteiger partial charge in [0.05, 0.1) is 6.61 Å². The van der Waals surface area contributed by atoms with Crippen LogP contribution in [0.2, 0.25) is 0 Å². The third-order valence-electron chi connectivity index (χ3n) is 2.04. The molecule has 1 heterocycles. The molecule has 9 heteroatoms. The molecule has 1 aliphatic heterocycles. The van der Waals surface area contributed by atoms with Gasteiger partial charge < -0.3 is 25.2 Å². The highest BCUT2D eigenvalue weighted by Crippen LogP contribution is 2.28. The lowest BCUT2D eigenvalue weighted by atomic mass is 10.00. The van der Waals surface area contributed by atoms with E-state index in [4.69, 9.17) is 14.7 Å². The number of ether oxygens (including phenoxy) is 1. The van der Waals surface area contributed by atoms with Crippen LogP contribution in [0.5, 0.6) is 0 Å². The van der Waals surface area contributed by atoms with Gasteiger partial charge >= 0.3 is 8.25 Å². The van der Waals surface area contributed by atoms with E-state index in [9.17, 15) is 19.9 Å². The first-order chi connectivity index (χ1) is 6.97. The topological polar surface area (TPSA) is 137 Å². The van der Waals surface area contributed by atoms with Gasteiger partial charge in [-0.15, -0.1) is 4.89 Å². The van der Waals surface area contributed by atoms with Gasteiger partial charge in [-0.1, -0.05) is 4.52 Å². The summed E-state index contributed by atoms with van der Waals surface area (Å²) in [6, 6.07) is 0. The van der Waals surface area contributed by atoms with Gasteiger partial charge in [-0.25, -0.2) is 0 Å². The fourth-order valence-electron chi connectivity index (χ4n) is 1.24. The molecule has 0 bridgehead atoms. The van der Waals surface area contributed by atoms with Gasteiger partial charge in [-0.2, -0.15) is 0 Å². The van der Waals surface area contributed by atoms with E-state index in [1.165, 1.54) is 0 Å². The molecule has 5 N–H and O–H groups in total. The molecule has 1 aliphatic rings. The molecule has 1 rings (SSSR count). The van der Waals surface area contributed by atoms with Crippen molar-refractivity contribution in [2.24, 2.45) is 0 Å². The summed E-state index contributed by atoms with van der Waals surface area (Å²) in [7, 11) is -3.02. The van der Waals surface area contributed by atoms with Crippen molar-refractivity contribution in [3.05, 3.63) is 0 Å². The van der Waals surface area contributed by atoms with Gasteiger partial charge in [0, 0.05) is 4.57 Å². The molecule has 0 aliphatic carbocycles. The first-order valence-electron chi connectivity index (χ1n) is 4.10. The zero-order valence-electron chi connectivity index (χ0n) is 7.50. The molecule has 0 saturated carbocycles. The van der Waals surface area contributed by atoms with Crippen LogP contribution in [-0.2, 0) is 13.8 Å². The van der Waals surface area contributed by atoms with Crippen LogP contribution in [0.1, 0.15) is 0 Å². The minimum atomic E-state index is -3.02. The minimum absolute atomic E-state index is 0.618. The van der Waals surface area contributed by atoms with E-state index in [0.717, 1.165) is 0 Å². The van der Waals surface area contributed by atoms with Crippen molar-refractivity contribution < 1.29 is 39.1 Å². The van der Waals surface area contributed by atoms with Crippen LogP contribution in [0.15, 0.2) is 0 Å². The van der Waals surface area contributed by atoms with Crippen LogP contribution in [0.25, 0.3) is 0 Å². The van der Waals surface area contributed by atoms with E-state index in [1.807, 2.05) is 0 Å². The van der Waals surface area contributed by atoms with Gasteiger partial charge in [-0.05, 0) is 0 Å². The lowest BCUT2D eigenvalue weighted by molar-refractivity contribution is -0.277. The quantitative estimate of drug-likeness (QED) is 0.342. The molecule has 1 fully saturated rings. The third kappa shape index (κ3) is 2.90. The SMILES string of the molecule is O=[P+](O)O[C@H]1OC(CO)[C@@H](O)[C@H](O)C1O. The highest BCUT2D eigenvalue weighted by Gasteiger charge is 2.47. The van der Waals surface area contributed by atoms with Gasteiger partial charge in [0.15, 0.2) is 0 Å². The Labute approximate surface area is 85.6 Å². The number of aliphatic hydroxyl groups is 4. The average Bonchev–Trinajstić information content (AvgIpc) is 2.18. The zero-order chi connectivity index (χ0) is 11.6. The van der Waals surface area contributed by atoms with Gasteiger partial charge in [-0.3, -0.25) is 0 Å². The van der Waals surface area contributed by atoms with Crippen LogP contribution in [0, 0.1) is 0 Å². The molecule has 8 nitrogen and oxygen atoms in total. The summed E-state index contributed by atoms with van der Waals surface area (Å²) >= 11 is 0. The minimum Gasteiger partial charge on any atom is -0.394 e. The van der Waals surface area contributed by atoms with Gasteiger partial charge in [0.25, 0.3) is 0 Å². The Morgan fingerprint density at radius 2 is 1.80 bits per heavy atom. The molecule has 1 saturated heterocycles. The van der Waals surface area contributed by atoms with Crippen molar-refractivity contribution in [2.45, 2.75) is 30.7 Å². The van der Waals surface area contributed by atoms with Gasteiger partial charge in [0.1, 0.15) is 24.4 Å². The number of hydrogen-bond donors (Lipinski definition) is 5. The predicted octanol–water partition coefficient (Wildman–Crippen LogP) is -2.55. The molecule has 88 valence electrons. The molecule has 15 heavy (non-hydrogen) atoms. The van der Waals surface area contributed by atoms with E-state index in [2.05, 4.69) is 4.52 Å². The Balaban J connectivity index is 2.69. The number of hydrogen-bond acceptors (Lipinski definition) is 7. The standard InChI is InChI=1S/C6H11O8P/c7-1-2-3(8)4(9)5(10)6(13-2)14-15(11)12/h2-10H,1H2/p+1/t2?,3-,4+,5?,6-/m1/s1. The van der Waals surface area contributed by atoms with Crippen LogP contribution in [0.4, 0.5) is 0 Å². The fourth-order valence-corrected chi connectivity index (χ4v) is 1.60. The number of aliphatic hydroxyl groups excluding tert-OH is 4. The smallest absolute Gasteiger partial charge is 0.394 e. The second-order valence-corrected chi connectivity index (χ2v) is 3.73. The van der Waals surface area contributed by atoms with Crippen molar-refractivity contribution in [3.8, 4) is 0 Å².